The van der Waals surface area contributed by atoms with Crippen LogP contribution in [-0.4, -0.2) is 33.3 Å². The van der Waals surface area contributed by atoms with Gasteiger partial charge in [0.15, 0.2) is 0 Å². The van der Waals surface area contributed by atoms with Crippen molar-refractivity contribution in [1.29, 1.82) is 0 Å². The topological polar surface area (TPSA) is 104 Å². The Hall–Kier alpha value is -2.13. The van der Waals surface area contributed by atoms with Gasteiger partial charge in [0.1, 0.15) is 4.90 Å². The summed E-state index contributed by atoms with van der Waals surface area (Å²) in [5.41, 5.74) is 0.972. The number of nitrogens with one attached hydrogen (secondary N) is 3. The average Bonchev–Trinajstić information content (AvgIpc) is 2.67. The quantitative estimate of drug-likeness (QED) is 0.528. The van der Waals surface area contributed by atoms with Gasteiger partial charge in [0.25, 0.3) is 5.91 Å². The summed E-state index contributed by atoms with van der Waals surface area (Å²) in [7, 11) is -3.86. The number of benzene rings is 2. The number of hydrogen-bond donors (Lipinski definition) is 3. The smallest absolute Gasteiger partial charge is 0.251 e. The normalized spacial score (nSPS) is 11.3. The van der Waals surface area contributed by atoms with Crippen molar-refractivity contribution >= 4 is 50.7 Å². The number of sulfonamides is 1. The number of anilines is 1. The Morgan fingerprint density at radius 2 is 1.66 bits per heavy atom. The van der Waals surface area contributed by atoms with Crippen molar-refractivity contribution < 1.29 is 18.0 Å². The zero-order valence-corrected chi connectivity index (χ0v) is 18.2. The first kappa shape index (κ1) is 23.2. The molecule has 0 bridgehead atoms. The molecule has 0 aliphatic heterocycles. The van der Waals surface area contributed by atoms with E-state index in [0.717, 1.165) is 0 Å². The third kappa shape index (κ3) is 6.71. The van der Waals surface area contributed by atoms with Crippen molar-refractivity contribution in [2.75, 3.05) is 18.4 Å². The molecule has 2 aromatic rings. The fourth-order valence-electron chi connectivity index (χ4n) is 2.22. The summed E-state index contributed by atoms with van der Waals surface area (Å²) < 4.78 is 26.9. The van der Waals surface area contributed by atoms with Gasteiger partial charge >= 0.3 is 0 Å². The van der Waals surface area contributed by atoms with Crippen molar-refractivity contribution in [2.45, 2.75) is 18.7 Å². The second kappa shape index (κ2) is 10.1. The van der Waals surface area contributed by atoms with Crippen molar-refractivity contribution in [2.24, 2.45) is 5.92 Å². The third-order valence-electron chi connectivity index (χ3n) is 3.82. The van der Waals surface area contributed by atoms with E-state index in [1.54, 1.807) is 38.1 Å². The Morgan fingerprint density at radius 1 is 1.00 bits per heavy atom. The minimum absolute atomic E-state index is 0.0283. The summed E-state index contributed by atoms with van der Waals surface area (Å²) in [5.74, 6) is -0.635. The van der Waals surface area contributed by atoms with Crippen molar-refractivity contribution in [3.8, 4) is 0 Å². The van der Waals surface area contributed by atoms with Crippen LogP contribution < -0.4 is 15.4 Å². The van der Waals surface area contributed by atoms with E-state index in [0.29, 0.717) is 11.3 Å². The molecular formula is C19H21Cl2N3O4S. The molecule has 156 valence electrons. The predicted octanol–water partition coefficient (Wildman–Crippen LogP) is 3.30. The molecule has 2 aromatic carbocycles. The van der Waals surface area contributed by atoms with Gasteiger partial charge in [0.05, 0.1) is 5.02 Å². The summed E-state index contributed by atoms with van der Waals surface area (Å²) >= 11 is 11.7. The Labute approximate surface area is 179 Å². The van der Waals surface area contributed by atoms with Crippen molar-refractivity contribution in [3.63, 3.8) is 0 Å². The highest BCUT2D eigenvalue weighted by molar-refractivity contribution is 7.89. The van der Waals surface area contributed by atoms with E-state index in [1.807, 2.05) is 0 Å². The second-order valence-electron chi connectivity index (χ2n) is 6.45. The number of hydrogen-bond acceptors (Lipinski definition) is 4. The van der Waals surface area contributed by atoms with E-state index in [-0.39, 0.29) is 45.8 Å². The average molecular weight is 458 g/mol. The molecule has 2 rings (SSSR count). The SMILES string of the molecule is CC(C)C(=O)Nc1ccc(C(=O)NCCNS(=O)(=O)c2cc(Cl)ccc2Cl)cc1. The fraction of sp³-hybridized carbons (Fsp3) is 0.263. The van der Waals surface area contributed by atoms with Gasteiger partial charge in [-0.2, -0.15) is 0 Å². The first-order chi connectivity index (χ1) is 13.6. The molecule has 0 spiro atoms. The van der Waals surface area contributed by atoms with Gasteiger partial charge in [0, 0.05) is 35.3 Å². The molecule has 10 heteroatoms. The molecule has 0 atom stereocenters. The van der Waals surface area contributed by atoms with Gasteiger partial charge in [-0.15, -0.1) is 0 Å². The van der Waals surface area contributed by atoms with Crippen LogP contribution in [0.1, 0.15) is 24.2 Å². The molecule has 0 aromatic heterocycles. The zero-order chi connectivity index (χ0) is 21.6. The molecule has 0 fully saturated rings. The molecule has 0 saturated heterocycles. The monoisotopic (exact) mass is 457 g/mol. The summed E-state index contributed by atoms with van der Waals surface area (Å²) in [6.07, 6.45) is 0. The van der Waals surface area contributed by atoms with Gasteiger partial charge in [-0.3, -0.25) is 9.59 Å². The summed E-state index contributed by atoms with van der Waals surface area (Å²) in [5, 5.41) is 5.65. The highest BCUT2D eigenvalue weighted by atomic mass is 35.5. The number of halogens is 2. The Morgan fingerprint density at radius 3 is 2.28 bits per heavy atom. The second-order valence-corrected chi connectivity index (χ2v) is 9.03. The number of rotatable bonds is 8. The van der Waals surface area contributed by atoms with Gasteiger partial charge in [0.2, 0.25) is 15.9 Å². The highest BCUT2D eigenvalue weighted by Gasteiger charge is 2.18. The molecule has 29 heavy (non-hydrogen) atoms. The van der Waals surface area contributed by atoms with Crippen LogP contribution in [0.25, 0.3) is 0 Å². The minimum atomic E-state index is -3.86. The first-order valence-corrected chi connectivity index (χ1v) is 11.0. The molecule has 3 N–H and O–H groups in total. The van der Waals surface area contributed by atoms with Crippen LogP contribution in [0.3, 0.4) is 0 Å². The summed E-state index contributed by atoms with van der Waals surface area (Å²) in [4.78, 5) is 23.7. The van der Waals surface area contributed by atoms with Crippen LogP contribution in [0.2, 0.25) is 10.0 Å². The lowest BCUT2D eigenvalue weighted by Gasteiger charge is -2.10. The largest absolute Gasteiger partial charge is 0.351 e. The maximum Gasteiger partial charge on any atom is 0.251 e. The lowest BCUT2D eigenvalue weighted by molar-refractivity contribution is -0.118. The maximum absolute atomic E-state index is 12.3. The Bertz CT molecular complexity index is 993. The standard InChI is InChI=1S/C19H21Cl2N3O4S/c1-12(2)18(25)24-15-6-3-13(4-7-15)19(26)22-9-10-23-29(27,28)17-11-14(20)5-8-16(17)21/h3-8,11-12,23H,9-10H2,1-2H3,(H,22,26)(H,24,25). The van der Waals surface area contributed by atoms with E-state index < -0.39 is 10.0 Å². The number of amides is 2. The minimum Gasteiger partial charge on any atom is -0.351 e. The van der Waals surface area contributed by atoms with Crippen LogP contribution in [-0.2, 0) is 14.8 Å². The predicted molar refractivity (Wildman–Crippen MR) is 114 cm³/mol. The van der Waals surface area contributed by atoms with Crippen LogP contribution in [0.15, 0.2) is 47.4 Å². The Kier molecular flexibility index (Phi) is 8.04. The highest BCUT2D eigenvalue weighted by Crippen LogP contribution is 2.24. The molecule has 2 amide bonds. The molecule has 0 unspecified atom stereocenters. The molecule has 7 nitrogen and oxygen atoms in total. The first-order valence-electron chi connectivity index (χ1n) is 8.74. The van der Waals surface area contributed by atoms with Gasteiger partial charge < -0.3 is 10.6 Å². The summed E-state index contributed by atoms with van der Waals surface area (Å²) in [6, 6.07) is 10.5. The molecular weight excluding hydrogens is 437 g/mol. The van der Waals surface area contributed by atoms with Crippen molar-refractivity contribution in [3.05, 3.63) is 58.1 Å². The molecule has 0 aliphatic carbocycles. The number of carbonyl (C=O) groups excluding carboxylic acids is 2. The van der Waals surface area contributed by atoms with Gasteiger partial charge in [-0.25, -0.2) is 13.1 Å². The molecule has 0 heterocycles. The third-order valence-corrected chi connectivity index (χ3v) is 6.00. The van der Waals surface area contributed by atoms with Crippen LogP contribution in [0.4, 0.5) is 5.69 Å². The van der Waals surface area contributed by atoms with E-state index >= 15 is 0 Å². The van der Waals surface area contributed by atoms with Crippen molar-refractivity contribution in [1.82, 2.24) is 10.0 Å². The van der Waals surface area contributed by atoms with Crippen LogP contribution in [0, 0.1) is 5.92 Å². The number of carbonyl (C=O) groups is 2. The molecule has 0 radical (unpaired) electrons. The van der Waals surface area contributed by atoms with Gasteiger partial charge in [-0.1, -0.05) is 37.0 Å². The Balaban J connectivity index is 1.86. The van der Waals surface area contributed by atoms with E-state index in [4.69, 9.17) is 23.2 Å². The maximum atomic E-state index is 12.3. The van der Waals surface area contributed by atoms with E-state index in [9.17, 15) is 18.0 Å². The lowest BCUT2D eigenvalue weighted by Crippen LogP contribution is -2.34. The van der Waals surface area contributed by atoms with Crippen LogP contribution in [0.5, 0.6) is 0 Å². The molecule has 0 saturated carbocycles. The van der Waals surface area contributed by atoms with Gasteiger partial charge in [-0.05, 0) is 42.5 Å². The van der Waals surface area contributed by atoms with E-state index in [1.165, 1.54) is 18.2 Å². The van der Waals surface area contributed by atoms with E-state index in [2.05, 4.69) is 15.4 Å². The fourth-order valence-corrected chi connectivity index (χ4v) is 4.01. The molecule has 0 aliphatic rings. The zero-order valence-electron chi connectivity index (χ0n) is 15.8. The van der Waals surface area contributed by atoms with Crippen LogP contribution >= 0.6 is 23.2 Å². The summed E-state index contributed by atoms with van der Waals surface area (Å²) in [6.45, 7) is 3.61. The lowest BCUT2D eigenvalue weighted by atomic mass is 10.1.